The van der Waals surface area contributed by atoms with Crippen molar-refractivity contribution in [3.8, 4) is 0 Å². The van der Waals surface area contributed by atoms with E-state index in [0.717, 1.165) is 89.9 Å². The molecule has 0 heterocycles. The number of allylic oxidation sites excluding steroid dienone is 8. The Morgan fingerprint density at radius 3 is 1.64 bits per heavy atom. The van der Waals surface area contributed by atoms with E-state index in [-0.39, 0.29) is 25.2 Å². The van der Waals surface area contributed by atoms with Crippen molar-refractivity contribution in [1.29, 1.82) is 0 Å². The summed E-state index contributed by atoms with van der Waals surface area (Å²) in [5.41, 5.74) is 0. The number of unbranched alkanes of at least 4 members (excludes halogenated alkanes) is 13. The zero-order valence-electron chi connectivity index (χ0n) is 28.9. The fraction of sp³-hybridized carbons (Fsp3) is 0.744. The van der Waals surface area contributed by atoms with Gasteiger partial charge in [-0.2, -0.15) is 0 Å². The molecule has 0 aliphatic rings. The molecule has 0 aliphatic carbocycles. The van der Waals surface area contributed by atoms with Crippen LogP contribution >= 0.6 is 0 Å². The summed E-state index contributed by atoms with van der Waals surface area (Å²) in [6.45, 7) is 7.55. The molecule has 0 fully saturated rings. The normalized spacial score (nSPS) is 12.7. The first-order valence-electron chi connectivity index (χ1n) is 18.2. The lowest BCUT2D eigenvalue weighted by Crippen LogP contribution is -2.30. The van der Waals surface area contributed by atoms with Gasteiger partial charge in [-0.25, -0.2) is 0 Å². The molecule has 44 heavy (non-hydrogen) atoms. The van der Waals surface area contributed by atoms with Crippen LogP contribution in [0.3, 0.4) is 0 Å². The van der Waals surface area contributed by atoms with Crippen LogP contribution < -0.4 is 0 Å². The molecule has 0 saturated carbocycles. The Balaban J connectivity index is 4.09. The van der Waals surface area contributed by atoms with Crippen LogP contribution in [0.25, 0.3) is 0 Å². The van der Waals surface area contributed by atoms with E-state index in [1.165, 1.54) is 38.5 Å². The monoisotopic (exact) mass is 617 g/mol. The third-order valence-corrected chi connectivity index (χ3v) is 7.38. The highest BCUT2D eigenvalue weighted by atomic mass is 16.6. The average molecular weight is 617 g/mol. The van der Waals surface area contributed by atoms with Crippen LogP contribution in [0.2, 0.25) is 0 Å². The Bertz CT molecular complexity index is 752. The second-order valence-corrected chi connectivity index (χ2v) is 11.8. The highest BCUT2D eigenvalue weighted by Gasteiger charge is 2.17. The van der Waals surface area contributed by atoms with Crippen molar-refractivity contribution in [1.82, 2.24) is 0 Å². The summed E-state index contributed by atoms with van der Waals surface area (Å²) in [4.78, 5) is 24.7. The summed E-state index contributed by atoms with van der Waals surface area (Å²) in [6, 6.07) is 0. The van der Waals surface area contributed by atoms with E-state index in [9.17, 15) is 9.59 Å². The maximum absolute atomic E-state index is 12.4. The number of rotatable bonds is 32. The summed E-state index contributed by atoms with van der Waals surface area (Å²) in [5.74, 6) is -0.445. The van der Waals surface area contributed by atoms with Gasteiger partial charge in [0.1, 0.15) is 6.61 Å². The first-order valence-corrected chi connectivity index (χ1v) is 18.2. The molecule has 0 aromatic carbocycles. The van der Waals surface area contributed by atoms with Gasteiger partial charge in [0.25, 0.3) is 0 Å². The molecule has 0 aromatic rings. The lowest BCUT2D eigenvalue weighted by Gasteiger charge is -2.18. The molecule has 0 saturated heterocycles. The number of carbonyl (C=O) groups is 2. The molecule has 254 valence electrons. The van der Waals surface area contributed by atoms with Gasteiger partial charge in [0.2, 0.25) is 0 Å². The van der Waals surface area contributed by atoms with Crippen molar-refractivity contribution in [3.63, 3.8) is 0 Å². The zero-order chi connectivity index (χ0) is 32.2. The van der Waals surface area contributed by atoms with Crippen molar-refractivity contribution in [2.75, 3.05) is 19.8 Å². The smallest absolute Gasteiger partial charge is 0.306 e. The maximum atomic E-state index is 12.4. The molecule has 0 spiro atoms. The van der Waals surface area contributed by atoms with Gasteiger partial charge in [-0.3, -0.25) is 9.59 Å². The first kappa shape index (κ1) is 41.9. The van der Waals surface area contributed by atoms with E-state index in [2.05, 4.69) is 69.4 Å². The molecule has 0 aliphatic heterocycles. The molecule has 1 atom stereocenters. The zero-order valence-corrected chi connectivity index (χ0v) is 28.9. The number of ether oxygens (including phenoxy) is 3. The third kappa shape index (κ3) is 32.8. The van der Waals surface area contributed by atoms with Crippen LogP contribution in [0.4, 0.5) is 0 Å². The fourth-order valence-electron chi connectivity index (χ4n) is 4.67. The van der Waals surface area contributed by atoms with E-state index in [1.807, 2.05) is 0 Å². The summed E-state index contributed by atoms with van der Waals surface area (Å²) in [5, 5.41) is 0. The number of hydrogen-bond donors (Lipinski definition) is 0. The van der Waals surface area contributed by atoms with Crippen LogP contribution in [0, 0.1) is 0 Å². The molecule has 1 unspecified atom stereocenters. The number of carbonyl (C=O) groups excluding carboxylic acids is 2. The van der Waals surface area contributed by atoms with Gasteiger partial charge < -0.3 is 14.2 Å². The standard InChI is InChI=1S/C39H68O5/c1-4-7-10-13-15-16-17-18-19-20-21-22-23-24-25-27-29-32-38(40)43-36-37(35-42-34-31-28-14-11-8-5-2)44-39(41)33-30-26-12-9-6-3/h7,10,15-16,18-19,21-22,37H,4-6,8-9,11-14,17,20,23-36H2,1-3H3/b10-7-,16-15-,19-18-,22-21-. The Labute approximate surface area is 272 Å². The SMILES string of the molecule is CC/C=C\C/C=C\C/C=C\C/C=C\CCCCCCC(=O)OCC(COCCCCCCCC)OC(=O)CCCCCCC. The first-order chi connectivity index (χ1) is 21.6. The predicted octanol–water partition coefficient (Wildman–Crippen LogP) is 11.3. The summed E-state index contributed by atoms with van der Waals surface area (Å²) in [7, 11) is 0. The second-order valence-electron chi connectivity index (χ2n) is 11.8. The van der Waals surface area contributed by atoms with Gasteiger partial charge in [-0.05, 0) is 57.8 Å². The number of esters is 2. The van der Waals surface area contributed by atoms with E-state index in [0.29, 0.717) is 19.4 Å². The average Bonchev–Trinajstić information content (AvgIpc) is 3.02. The summed E-state index contributed by atoms with van der Waals surface area (Å²) >= 11 is 0. The van der Waals surface area contributed by atoms with Gasteiger partial charge in [0.15, 0.2) is 6.10 Å². The third-order valence-electron chi connectivity index (χ3n) is 7.38. The van der Waals surface area contributed by atoms with Crippen LogP contribution in [0.1, 0.15) is 162 Å². The Morgan fingerprint density at radius 1 is 0.523 bits per heavy atom. The maximum Gasteiger partial charge on any atom is 0.306 e. The van der Waals surface area contributed by atoms with Gasteiger partial charge in [0, 0.05) is 19.4 Å². The van der Waals surface area contributed by atoms with Crippen molar-refractivity contribution in [2.45, 2.75) is 168 Å². The fourth-order valence-corrected chi connectivity index (χ4v) is 4.67. The molecule has 0 amide bonds. The minimum atomic E-state index is -0.534. The Morgan fingerprint density at radius 2 is 1.02 bits per heavy atom. The van der Waals surface area contributed by atoms with Crippen LogP contribution in [0.15, 0.2) is 48.6 Å². The van der Waals surface area contributed by atoms with E-state index >= 15 is 0 Å². The molecular weight excluding hydrogens is 548 g/mol. The molecule has 0 N–H and O–H groups in total. The topological polar surface area (TPSA) is 61.8 Å². The van der Waals surface area contributed by atoms with Crippen molar-refractivity contribution in [2.24, 2.45) is 0 Å². The molecule has 0 aromatic heterocycles. The molecule has 5 heteroatoms. The predicted molar refractivity (Wildman–Crippen MR) is 187 cm³/mol. The minimum Gasteiger partial charge on any atom is -0.462 e. The molecule has 0 radical (unpaired) electrons. The van der Waals surface area contributed by atoms with E-state index in [4.69, 9.17) is 14.2 Å². The summed E-state index contributed by atoms with van der Waals surface area (Å²) in [6.07, 6.45) is 39.9. The largest absolute Gasteiger partial charge is 0.462 e. The van der Waals surface area contributed by atoms with Gasteiger partial charge in [0.05, 0.1) is 6.61 Å². The van der Waals surface area contributed by atoms with Gasteiger partial charge in [-0.1, -0.05) is 140 Å². The van der Waals surface area contributed by atoms with Crippen LogP contribution in [-0.2, 0) is 23.8 Å². The van der Waals surface area contributed by atoms with Gasteiger partial charge >= 0.3 is 11.9 Å². The highest BCUT2D eigenvalue weighted by Crippen LogP contribution is 2.10. The van der Waals surface area contributed by atoms with Gasteiger partial charge in [-0.15, -0.1) is 0 Å². The number of hydrogen-bond acceptors (Lipinski definition) is 5. The Hall–Kier alpha value is -2.14. The molecule has 5 nitrogen and oxygen atoms in total. The van der Waals surface area contributed by atoms with E-state index in [1.54, 1.807) is 0 Å². The van der Waals surface area contributed by atoms with Crippen molar-refractivity contribution in [3.05, 3.63) is 48.6 Å². The molecule has 0 bridgehead atoms. The Kier molecular flexibility index (Phi) is 33.6. The minimum absolute atomic E-state index is 0.0722. The molecular formula is C39H68O5. The second kappa shape index (κ2) is 35.3. The van der Waals surface area contributed by atoms with Crippen LogP contribution in [0.5, 0.6) is 0 Å². The van der Waals surface area contributed by atoms with Crippen LogP contribution in [-0.4, -0.2) is 37.9 Å². The van der Waals surface area contributed by atoms with E-state index < -0.39 is 6.10 Å². The lowest BCUT2D eigenvalue weighted by atomic mass is 10.1. The quantitative estimate of drug-likeness (QED) is 0.0427. The lowest BCUT2D eigenvalue weighted by molar-refractivity contribution is -0.163. The summed E-state index contributed by atoms with van der Waals surface area (Å²) < 4.78 is 16.9. The molecule has 0 rings (SSSR count). The highest BCUT2D eigenvalue weighted by molar-refractivity contribution is 5.70. The van der Waals surface area contributed by atoms with Crippen molar-refractivity contribution < 1.29 is 23.8 Å². The van der Waals surface area contributed by atoms with Crippen molar-refractivity contribution >= 4 is 11.9 Å².